The lowest BCUT2D eigenvalue weighted by molar-refractivity contribution is -0.128. The molecule has 0 aliphatic carbocycles. The number of nitrogens with one attached hydrogen (secondary N) is 1. The summed E-state index contributed by atoms with van der Waals surface area (Å²) in [5.41, 5.74) is 0.847. The topological polar surface area (TPSA) is 49.4 Å². The van der Waals surface area contributed by atoms with Crippen molar-refractivity contribution in [1.82, 2.24) is 4.90 Å². The van der Waals surface area contributed by atoms with Crippen molar-refractivity contribution < 1.29 is 18.4 Å². The monoisotopic (exact) mass is 344 g/mol. The Bertz CT molecular complexity index is 809. The molecule has 4 nitrogen and oxygen atoms in total. The Hall–Kier alpha value is -2.76. The van der Waals surface area contributed by atoms with E-state index < -0.39 is 17.6 Å². The van der Waals surface area contributed by atoms with Gasteiger partial charge in [0, 0.05) is 31.6 Å². The Morgan fingerprint density at radius 3 is 2.52 bits per heavy atom. The second-order valence-electron chi connectivity index (χ2n) is 6.12. The van der Waals surface area contributed by atoms with Gasteiger partial charge in [0.1, 0.15) is 11.6 Å². The van der Waals surface area contributed by atoms with Gasteiger partial charge in [-0.25, -0.2) is 8.78 Å². The molecular formula is C19H18F2N2O2. The third kappa shape index (κ3) is 3.68. The summed E-state index contributed by atoms with van der Waals surface area (Å²) in [6.07, 6.45) is 0.523. The van der Waals surface area contributed by atoms with Crippen LogP contribution in [0.15, 0.2) is 42.5 Å². The van der Waals surface area contributed by atoms with E-state index in [2.05, 4.69) is 5.32 Å². The maximum atomic E-state index is 14.3. The Morgan fingerprint density at radius 2 is 1.88 bits per heavy atom. The van der Waals surface area contributed by atoms with Crippen molar-refractivity contribution >= 4 is 17.5 Å². The van der Waals surface area contributed by atoms with E-state index in [1.807, 2.05) is 0 Å². The Morgan fingerprint density at radius 1 is 1.16 bits per heavy atom. The second-order valence-corrected chi connectivity index (χ2v) is 6.12. The summed E-state index contributed by atoms with van der Waals surface area (Å²) >= 11 is 0. The molecule has 0 bridgehead atoms. The normalized spacial score (nSPS) is 16.8. The van der Waals surface area contributed by atoms with Crippen molar-refractivity contribution in [2.75, 3.05) is 18.4 Å². The van der Waals surface area contributed by atoms with Gasteiger partial charge >= 0.3 is 0 Å². The zero-order valence-electron chi connectivity index (χ0n) is 13.8. The van der Waals surface area contributed by atoms with Crippen LogP contribution in [0.1, 0.15) is 13.3 Å². The summed E-state index contributed by atoms with van der Waals surface area (Å²) in [6.45, 7) is 2.27. The molecule has 1 atom stereocenters. The molecule has 0 radical (unpaired) electrons. The average Bonchev–Trinajstić information content (AvgIpc) is 3.08. The first-order chi connectivity index (χ1) is 12.0. The zero-order chi connectivity index (χ0) is 18.0. The fraction of sp³-hybridized carbons (Fsp3) is 0.263. The molecule has 6 heteroatoms. The number of carbonyl (C=O) groups is 2. The van der Waals surface area contributed by atoms with Gasteiger partial charge in [-0.05, 0) is 18.1 Å². The van der Waals surface area contributed by atoms with Crippen LogP contribution < -0.4 is 5.32 Å². The van der Waals surface area contributed by atoms with Gasteiger partial charge in [-0.1, -0.05) is 30.3 Å². The number of rotatable bonds is 3. The number of amides is 2. The maximum absolute atomic E-state index is 14.3. The van der Waals surface area contributed by atoms with Crippen LogP contribution in [0.2, 0.25) is 0 Å². The lowest BCUT2D eigenvalue weighted by Gasteiger charge is -2.16. The summed E-state index contributed by atoms with van der Waals surface area (Å²) in [5, 5.41) is 2.59. The van der Waals surface area contributed by atoms with Crippen LogP contribution in [-0.4, -0.2) is 29.8 Å². The van der Waals surface area contributed by atoms with Gasteiger partial charge in [-0.2, -0.15) is 0 Å². The SMILES string of the molecule is CC(=O)N1CC[C@@H](C(=O)Nc2c(F)cc(F)cc2-c2ccccc2)C1. The quantitative estimate of drug-likeness (QED) is 0.927. The number of nitrogens with zero attached hydrogens (tertiary/aromatic N) is 1. The third-order valence-corrected chi connectivity index (χ3v) is 4.39. The van der Waals surface area contributed by atoms with Crippen LogP contribution in [0.5, 0.6) is 0 Å². The standard InChI is InChI=1S/C19H18F2N2O2/c1-12(24)23-8-7-14(11-23)19(25)22-18-16(9-15(20)10-17(18)21)13-5-3-2-4-6-13/h2-6,9-10,14H,7-8,11H2,1H3,(H,22,25)/t14-/m1/s1. The molecule has 3 rings (SSSR count). The van der Waals surface area contributed by atoms with Crippen molar-refractivity contribution in [2.24, 2.45) is 5.92 Å². The fourth-order valence-electron chi connectivity index (χ4n) is 3.03. The van der Waals surface area contributed by atoms with E-state index in [4.69, 9.17) is 0 Å². The molecule has 25 heavy (non-hydrogen) atoms. The van der Waals surface area contributed by atoms with Crippen LogP contribution >= 0.6 is 0 Å². The van der Waals surface area contributed by atoms with Gasteiger partial charge in [-0.3, -0.25) is 9.59 Å². The van der Waals surface area contributed by atoms with Crippen molar-refractivity contribution in [1.29, 1.82) is 0 Å². The second kappa shape index (κ2) is 7.01. The minimum absolute atomic E-state index is 0.0427. The Balaban J connectivity index is 1.87. The van der Waals surface area contributed by atoms with Gasteiger partial charge in [0.2, 0.25) is 11.8 Å². The molecule has 1 heterocycles. The number of halogens is 2. The number of benzene rings is 2. The van der Waals surface area contributed by atoms with Crippen LogP contribution in [0, 0.1) is 17.6 Å². The molecular weight excluding hydrogens is 326 g/mol. The molecule has 0 spiro atoms. The number of carbonyl (C=O) groups excluding carboxylic acids is 2. The lowest BCUT2D eigenvalue weighted by Crippen LogP contribution is -2.30. The molecule has 1 fully saturated rings. The predicted octanol–water partition coefficient (Wildman–Crippen LogP) is 3.44. The summed E-state index contributed by atoms with van der Waals surface area (Å²) in [7, 11) is 0. The van der Waals surface area contributed by atoms with E-state index in [9.17, 15) is 18.4 Å². The van der Waals surface area contributed by atoms with Crippen molar-refractivity contribution in [3.8, 4) is 11.1 Å². The van der Waals surface area contributed by atoms with E-state index in [1.54, 1.807) is 35.2 Å². The lowest BCUT2D eigenvalue weighted by atomic mass is 10.0. The van der Waals surface area contributed by atoms with Crippen molar-refractivity contribution in [2.45, 2.75) is 13.3 Å². The highest BCUT2D eigenvalue weighted by atomic mass is 19.1. The number of likely N-dealkylation sites (tertiary alicyclic amines) is 1. The molecule has 2 aromatic carbocycles. The molecule has 1 aliphatic heterocycles. The minimum atomic E-state index is -0.825. The highest BCUT2D eigenvalue weighted by molar-refractivity contribution is 5.97. The largest absolute Gasteiger partial charge is 0.342 e. The van der Waals surface area contributed by atoms with Gasteiger partial charge in [0.25, 0.3) is 0 Å². The fourth-order valence-corrected chi connectivity index (χ4v) is 3.03. The first-order valence-corrected chi connectivity index (χ1v) is 8.06. The first kappa shape index (κ1) is 17.1. The van der Waals surface area contributed by atoms with E-state index in [0.717, 1.165) is 6.07 Å². The van der Waals surface area contributed by atoms with Gasteiger partial charge in [0.05, 0.1) is 11.6 Å². The molecule has 1 aliphatic rings. The van der Waals surface area contributed by atoms with Crippen LogP contribution in [0.4, 0.5) is 14.5 Å². The van der Waals surface area contributed by atoms with Crippen molar-refractivity contribution in [3.63, 3.8) is 0 Å². The number of hydrogen-bond donors (Lipinski definition) is 1. The summed E-state index contributed by atoms with van der Waals surface area (Å²) in [6, 6.07) is 10.7. The number of hydrogen-bond acceptors (Lipinski definition) is 2. The van der Waals surface area contributed by atoms with E-state index >= 15 is 0 Å². The molecule has 130 valence electrons. The van der Waals surface area contributed by atoms with Crippen LogP contribution in [0.3, 0.4) is 0 Å². The van der Waals surface area contributed by atoms with E-state index in [-0.39, 0.29) is 23.1 Å². The minimum Gasteiger partial charge on any atom is -0.342 e. The molecule has 1 N–H and O–H groups in total. The highest BCUT2D eigenvalue weighted by Gasteiger charge is 2.30. The van der Waals surface area contributed by atoms with Gasteiger partial charge in [-0.15, -0.1) is 0 Å². The zero-order valence-corrected chi connectivity index (χ0v) is 13.8. The smallest absolute Gasteiger partial charge is 0.229 e. The van der Waals surface area contributed by atoms with Crippen LogP contribution in [0.25, 0.3) is 11.1 Å². The summed E-state index contributed by atoms with van der Waals surface area (Å²) in [4.78, 5) is 25.5. The summed E-state index contributed by atoms with van der Waals surface area (Å²) < 4.78 is 28.0. The Kier molecular flexibility index (Phi) is 4.79. The summed E-state index contributed by atoms with van der Waals surface area (Å²) in [5.74, 6) is -2.40. The Labute approximate surface area is 144 Å². The van der Waals surface area contributed by atoms with Gasteiger partial charge < -0.3 is 10.2 Å². The van der Waals surface area contributed by atoms with Crippen molar-refractivity contribution in [3.05, 3.63) is 54.1 Å². The van der Waals surface area contributed by atoms with Crippen LogP contribution in [-0.2, 0) is 9.59 Å². The highest BCUT2D eigenvalue weighted by Crippen LogP contribution is 2.32. The van der Waals surface area contributed by atoms with Gasteiger partial charge in [0.15, 0.2) is 0 Å². The molecule has 2 aromatic rings. The predicted molar refractivity (Wildman–Crippen MR) is 90.8 cm³/mol. The molecule has 0 aromatic heterocycles. The van der Waals surface area contributed by atoms with E-state index in [0.29, 0.717) is 25.1 Å². The third-order valence-electron chi connectivity index (χ3n) is 4.39. The molecule has 2 amide bonds. The molecule has 0 unspecified atom stereocenters. The molecule has 1 saturated heterocycles. The first-order valence-electron chi connectivity index (χ1n) is 8.06. The number of anilines is 1. The van der Waals surface area contributed by atoms with E-state index in [1.165, 1.54) is 13.0 Å². The average molecular weight is 344 g/mol. The molecule has 0 saturated carbocycles. The maximum Gasteiger partial charge on any atom is 0.229 e.